The lowest BCUT2D eigenvalue weighted by molar-refractivity contribution is 0.0643. The Morgan fingerprint density at radius 2 is 1.39 bits per heavy atom. The van der Waals surface area contributed by atoms with Gasteiger partial charge in [0.2, 0.25) is 0 Å². The third kappa shape index (κ3) is 4.32. The van der Waals surface area contributed by atoms with E-state index in [4.69, 9.17) is 0 Å². The molecule has 0 aromatic heterocycles. The van der Waals surface area contributed by atoms with Crippen molar-refractivity contribution >= 4 is 18.1 Å². The number of rotatable bonds is 5. The summed E-state index contributed by atoms with van der Waals surface area (Å²) in [6.07, 6.45) is 4.06. The molecule has 0 saturated carbocycles. The fraction of sp³-hybridized carbons (Fsp3) is 0.286. The molecule has 0 aliphatic carbocycles. The molecule has 0 bridgehead atoms. The van der Waals surface area contributed by atoms with Crippen molar-refractivity contribution in [3.05, 3.63) is 71.3 Å². The summed E-state index contributed by atoms with van der Waals surface area (Å²) in [4.78, 5) is 14.9. The predicted octanol–water partition coefficient (Wildman–Crippen LogP) is 5.12. The molecule has 0 atom stereocenters. The zero-order valence-corrected chi connectivity index (χ0v) is 14.4. The van der Waals surface area contributed by atoms with E-state index in [-0.39, 0.29) is 18.0 Å². The van der Waals surface area contributed by atoms with Crippen LogP contribution in [0.25, 0.3) is 12.2 Å². The second kappa shape index (κ2) is 7.77. The maximum Gasteiger partial charge on any atom is 0.254 e. The fourth-order valence-electron chi connectivity index (χ4n) is 2.79. The van der Waals surface area contributed by atoms with Gasteiger partial charge >= 0.3 is 0 Å². The van der Waals surface area contributed by atoms with Gasteiger partial charge in [0.1, 0.15) is 0 Å². The first-order valence-electron chi connectivity index (χ1n) is 8.15. The second-order valence-electron chi connectivity index (χ2n) is 6.23. The lowest BCUT2D eigenvalue weighted by Crippen LogP contribution is -2.42. The van der Waals surface area contributed by atoms with E-state index >= 15 is 0 Å². The molecule has 0 unspecified atom stereocenters. The monoisotopic (exact) mass is 307 g/mol. The van der Waals surface area contributed by atoms with Gasteiger partial charge in [0.15, 0.2) is 0 Å². The minimum atomic E-state index is 0.0864. The maximum atomic E-state index is 13.0. The molecule has 0 N–H and O–H groups in total. The molecule has 0 aliphatic heterocycles. The zero-order valence-electron chi connectivity index (χ0n) is 14.4. The number of amides is 1. The van der Waals surface area contributed by atoms with Gasteiger partial charge in [-0.3, -0.25) is 4.79 Å². The number of carbonyl (C=O) groups is 1. The summed E-state index contributed by atoms with van der Waals surface area (Å²) < 4.78 is 0. The van der Waals surface area contributed by atoms with Gasteiger partial charge in [0, 0.05) is 17.6 Å². The minimum absolute atomic E-state index is 0.0864. The molecule has 2 nitrogen and oxygen atoms in total. The molecule has 120 valence electrons. The van der Waals surface area contributed by atoms with Crippen molar-refractivity contribution < 1.29 is 4.79 Å². The summed E-state index contributed by atoms with van der Waals surface area (Å²) in [5, 5.41) is 0. The smallest absolute Gasteiger partial charge is 0.254 e. The molecule has 0 saturated heterocycles. The molecule has 2 heteroatoms. The Balaban J connectivity index is 2.34. The van der Waals surface area contributed by atoms with Crippen LogP contribution in [0.2, 0.25) is 0 Å². The van der Waals surface area contributed by atoms with Gasteiger partial charge < -0.3 is 4.90 Å². The molecule has 2 aromatic carbocycles. The Kier molecular flexibility index (Phi) is 5.75. The first-order valence-corrected chi connectivity index (χ1v) is 8.15. The molecule has 0 fully saturated rings. The molecule has 2 aromatic rings. The van der Waals surface area contributed by atoms with Crippen molar-refractivity contribution in [3.63, 3.8) is 0 Å². The number of benzene rings is 2. The van der Waals surface area contributed by atoms with Crippen LogP contribution in [0.1, 0.15) is 49.2 Å². The minimum Gasteiger partial charge on any atom is -0.334 e. The van der Waals surface area contributed by atoms with Gasteiger partial charge in [0.25, 0.3) is 5.91 Å². The highest BCUT2D eigenvalue weighted by molar-refractivity contribution is 5.99. The van der Waals surface area contributed by atoms with Gasteiger partial charge in [0.05, 0.1) is 0 Å². The topological polar surface area (TPSA) is 20.3 Å². The SMILES string of the molecule is CC(C)N(C(=O)c1ccccc1C=Cc1ccccc1)C(C)C. The van der Waals surface area contributed by atoms with Crippen molar-refractivity contribution in [3.8, 4) is 0 Å². The van der Waals surface area contributed by atoms with Crippen LogP contribution in [0.15, 0.2) is 54.6 Å². The van der Waals surface area contributed by atoms with E-state index in [1.165, 1.54) is 0 Å². The van der Waals surface area contributed by atoms with E-state index in [1.807, 2.05) is 59.5 Å². The quantitative estimate of drug-likeness (QED) is 0.702. The molecular weight excluding hydrogens is 282 g/mol. The Morgan fingerprint density at radius 3 is 2.00 bits per heavy atom. The first-order chi connectivity index (χ1) is 11.0. The van der Waals surface area contributed by atoms with Gasteiger partial charge in [-0.1, -0.05) is 60.7 Å². The molecular formula is C21H25NO. The van der Waals surface area contributed by atoms with Crippen molar-refractivity contribution in [1.29, 1.82) is 0 Å². The summed E-state index contributed by atoms with van der Waals surface area (Å²) in [5.41, 5.74) is 2.83. The Morgan fingerprint density at radius 1 is 0.826 bits per heavy atom. The summed E-state index contributed by atoms with van der Waals surface area (Å²) >= 11 is 0. The standard InChI is InChI=1S/C21H25NO/c1-16(2)22(17(3)4)21(23)20-13-9-8-12-19(20)15-14-18-10-6-5-7-11-18/h5-17H,1-4H3. The molecule has 0 radical (unpaired) electrons. The molecule has 0 heterocycles. The average Bonchev–Trinajstić information content (AvgIpc) is 2.53. The normalized spacial score (nSPS) is 11.4. The van der Waals surface area contributed by atoms with Crippen molar-refractivity contribution in [2.24, 2.45) is 0 Å². The second-order valence-corrected chi connectivity index (χ2v) is 6.23. The maximum absolute atomic E-state index is 13.0. The molecule has 23 heavy (non-hydrogen) atoms. The summed E-state index contributed by atoms with van der Waals surface area (Å²) in [7, 11) is 0. The van der Waals surface area contributed by atoms with E-state index in [0.717, 1.165) is 16.7 Å². The van der Waals surface area contributed by atoms with Crippen LogP contribution in [0.4, 0.5) is 0 Å². The van der Waals surface area contributed by atoms with Crippen molar-refractivity contribution in [2.45, 2.75) is 39.8 Å². The van der Waals surface area contributed by atoms with Gasteiger partial charge in [-0.05, 0) is 44.9 Å². The summed E-state index contributed by atoms with van der Waals surface area (Å²) in [6.45, 7) is 8.22. The first kappa shape index (κ1) is 17.0. The van der Waals surface area contributed by atoms with E-state index in [9.17, 15) is 4.79 Å². The fourth-order valence-corrected chi connectivity index (χ4v) is 2.79. The molecule has 2 rings (SSSR count). The van der Waals surface area contributed by atoms with E-state index in [1.54, 1.807) is 0 Å². The van der Waals surface area contributed by atoms with Gasteiger partial charge in [-0.15, -0.1) is 0 Å². The largest absolute Gasteiger partial charge is 0.334 e. The number of hydrogen-bond acceptors (Lipinski definition) is 1. The van der Waals surface area contributed by atoms with E-state index < -0.39 is 0 Å². The molecule has 0 aliphatic rings. The van der Waals surface area contributed by atoms with Crippen LogP contribution < -0.4 is 0 Å². The lowest BCUT2D eigenvalue weighted by Gasteiger charge is -2.31. The van der Waals surface area contributed by atoms with Crippen molar-refractivity contribution in [1.82, 2.24) is 4.90 Å². The van der Waals surface area contributed by atoms with E-state index in [2.05, 4.69) is 39.8 Å². The Bertz CT molecular complexity index is 663. The molecule has 1 amide bonds. The van der Waals surface area contributed by atoms with Crippen molar-refractivity contribution in [2.75, 3.05) is 0 Å². The van der Waals surface area contributed by atoms with Crippen LogP contribution in [0.5, 0.6) is 0 Å². The molecule has 0 spiro atoms. The third-order valence-corrected chi connectivity index (χ3v) is 3.79. The van der Waals surface area contributed by atoms with Gasteiger partial charge in [-0.25, -0.2) is 0 Å². The van der Waals surface area contributed by atoms with Crippen LogP contribution in [0.3, 0.4) is 0 Å². The third-order valence-electron chi connectivity index (χ3n) is 3.79. The van der Waals surface area contributed by atoms with Gasteiger partial charge in [-0.2, -0.15) is 0 Å². The predicted molar refractivity (Wildman–Crippen MR) is 98.3 cm³/mol. The van der Waals surface area contributed by atoms with Crippen LogP contribution in [0, 0.1) is 0 Å². The number of carbonyl (C=O) groups excluding carboxylic acids is 1. The van der Waals surface area contributed by atoms with Crippen LogP contribution in [-0.2, 0) is 0 Å². The average molecular weight is 307 g/mol. The lowest BCUT2D eigenvalue weighted by atomic mass is 10.0. The summed E-state index contributed by atoms with van der Waals surface area (Å²) in [5.74, 6) is 0.0864. The highest BCUT2D eigenvalue weighted by Gasteiger charge is 2.22. The van der Waals surface area contributed by atoms with Crippen LogP contribution >= 0.6 is 0 Å². The Labute approximate surface area is 139 Å². The number of nitrogens with zero attached hydrogens (tertiary/aromatic N) is 1. The van der Waals surface area contributed by atoms with E-state index in [0.29, 0.717) is 0 Å². The number of hydrogen-bond donors (Lipinski definition) is 0. The summed E-state index contributed by atoms with van der Waals surface area (Å²) in [6, 6.07) is 18.3. The highest BCUT2D eigenvalue weighted by Crippen LogP contribution is 2.18. The zero-order chi connectivity index (χ0) is 16.8. The highest BCUT2D eigenvalue weighted by atomic mass is 16.2. The van der Waals surface area contributed by atoms with Crippen LogP contribution in [-0.4, -0.2) is 22.9 Å². The Hall–Kier alpha value is -2.35.